The number of alkyl halides is 3. The van der Waals surface area contributed by atoms with Gasteiger partial charge in [0.2, 0.25) is 0 Å². The van der Waals surface area contributed by atoms with E-state index < -0.39 is 17.6 Å². The molecule has 0 fully saturated rings. The average molecular weight is 388 g/mol. The minimum atomic E-state index is -4.43. The molecule has 0 unspecified atom stereocenters. The Labute approximate surface area is 158 Å². The standard InChI is InChI=1S/C21H16F4N2O/c1-14-9-20(26-27(14)12-16-3-2-4-17(10-16)13-28)19(22)11-15-5-7-18(8-6-15)21(23,24)25/h2-11,13H,12H2,1H3/b19-11-. The van der Waals surface area contributed by atoms with Gasteiger partial charge >= 0.3 is 6.18 Å². The van der Waals surface area contributed by atoms with Crippen molar-refractivity contribution in [3.63, 3.8) is 0 Å². The number of aryl methyl sites for hydroxylation is 1. The Morgan fingerprint density at radius 2 is 1.79 bits per heavy atom. The SMILES string of the molecule is Cc1cc(/C(F)=C/c2ccc(C(F)(F)F)cc2)nn1Cc1cccc(C=O)c1. The minimum absolute atomic E-state index is 0.0870. The second-order valence-electron chi connectivity index (χ2n) is 6.30. The van der Waals surface area contributed by atoms with Gasteiger partial charge in [0, 0.05) is 11.3 Å². The lowest BCUT2D eigenvalue weighted by molar-refractivity contribution is -0.137. The van der Waals surface area contributed by atoms with Gasteiger partial charge in [-0.2, -0.15) is 18.3 Å². The minimum Gasteiger partial charge on any atom is -0.298 e. The molecular weight excluding hydrogens is 372 g/mol. The summed E-state index contributed by atoms with van der Waals surface area (Å²) < 4.78 is 53.9. The summed E-state index contributed by atoms with van der Waals surface area (Å²) in [4.78, 5) is 10.9. The zero-order chi connectivity index (χ0) is 20.3. The molecule has 0 saturated heterocycles. The highest BCUT2D eigenvalue weighted by atomic mass is 19.4. The number of nitrogens with zero attached hydrogens (tertiary/aromatic N) is 2. The monoisotopic (exact) mass is 388 g/mol. The molecule has 0 spiro atoms. The van der Waals surface area contributed by atoms with E-state index in [1.165, 1.54) is 12.1 Å². The van der Waals surface area contributed by atoms with Crippen molar-refractivity contribution in [2.75, 3.05) is 0 Å². The highest BCUT2D eigenvalue weighted by molar-refractivity contribution is 5.75. The summed E-state index contributed by atoms with van der Waals surface area (Å²) in [6, 6.07) is 12.8. The van der Waals surface area contributed by atoms with Crippen molar-refractivity contribution in [2.45, 2.75) is 19.6 Å². The Morgan fingerprint density at radius 3 is 2.43 bits per heavy atom. The third kappa shape index (κ3) is 4.54. The Morgan fingerprint density at radius 1 is 1.07 bits per heavy atom. The van der Waals surface area contributed by atoms with Crippen LogP contribution in [0.1, 0.15) is 38.4 Å². The van der Waals surface area contributed by atoms with Gasteiger partial charge in [-0.3, -0.25) is 9.48 Å². The highest BCUT2D eigenvalue weighted by Gasteiger charge is 2.29. The molecule has 0 bridgehead atoms. The second-order valence-corrected chi connectivity index (χ2v) is 6.30. The third-order valence-corrected chi connectivity index (χ3v) is 4.18. The van der Waals surface area contributed by atoms with Crippen molar-refractivity contribution in [2.24, 2.45) is 0 Å². The summed E-state index contributed by atoms with van der Waals surface area (Å²) in [5.41, 5.74) is 1.69. The molecule has 2 aromatic carbocycles. The van der Waals surface area contributed by atoms with Gasteiger partial charge < -0.3 is 0 Å². The van der Waals surface area contributed by atoms with Gasteiger partial charge in [0.15, 0.2) is 5.83 Å². The molecule has 28 heavy (non-hydrogen) atoms. The summed E-state index contributed by atoms with van der Waals surface area (Å²) in [5, 5.41) is 4.22. The molecule has 7 heteroatoms. The van der Waals surface area contributed by atoms with Crippen molar-refractivity contribution in [3.8, 4) is 0 Å². The third-order valence-electron chi connectivity index (χ3n) is 4.18. The van der Waals surface area contributed by atoms with Gasteiger partial charge in [-0.1, -0.05) is 30.3 Å². The molecule has 0 saturated carbocycles. The molecule has 0 aliphatic carbocycles. The first-order valence-corrected chi connectivity index (χ1v) is 8.39. The van der Waals surface area contributed by atoms with Gasteiger partial charge in [0.25, 0.3) is 0 Å². The van der Waals surface area contributed by atoms with Crippen LogP contribution in [0.5, 0.6) is 0 Å². The quantitative estimate of drug-likeness (QED) is 0.425. The summed E-state index contributed by atoms with van der Waals surface area (Å²) >= 11 is 0. The number of carbonyl (C=O) groups is 1. The highest BCUT2D eigenvalue weighted by Crippen LogP contribution is 2.29. The summed E-state index contributed by atoms with van der Waals surface area (Å²) in [6.07, 6.45) is -2.55. The van der Waals surface area contributed by atoms with Crippen LogP contribution < -0.4 is 0 Å². The Bertz CT molecular complexity index is 1020. The van der Waals surface area contributed by atoms with E-state index in [9.17, 15) is 22.4 Å². The van der Waals surface area contributed by atoms with Crippen molar-refractivity contribution < 1.29 is 22.4 Å². The molecule has 1 heterocycles. The van der Waals surface area contributed by atoms with Crippen LogP contribution in [0.3, 0.4) is 0 Å². The lowest BCUT2D eigenvalue weighted by atomic mass is 10.1. The van der Waals surface area contributed by atoms with Gasteiger partial charge in [0.1, 0.15) is 12.0 Å². The maximum atomic E-state index is 14.5. The molecule has 0 N–H and O–H groups in total. The van der Waals surface area contributed by atoms with Crippen molar-refractivity contribution in [1.29, 1.82) is 0 Å². The average Bonchev–Trinajstić information content (AvgIpc) is 3.02. The Kier molecular flexibility index (Phi) is 5.44. The van der Waals surface area contributed by atoms with E-state index in [1.807, 2.05) is 6.07 Å². The molecule has 0 atom stereocenters. The summed E-state index contributed by atoms with van der Waals surface area (Å²) in [6.45, 7) is 2.13. The van der Waals surface area contributed by atoms with Crippen LogP contribution in [-0.2, 0) is 12.7 Å². The van der Waals surface area contributed by atoms with E-state index in [-0.39, 0.29) is 5.69 Å². The summed E-state index contributed by atoms with van der Waals surface area (Å²) in [5.74, 6) is -0.650. The van der Waals surface area contributed by atoms with Gasteiger partial charge in [-0.25, -0.2) is 4.39 Å². The number of aromatic nitrogens is 2. The normalized spacial score (nSPS) is 12.2. The van der Waals surface area contributed by atoms with E-state index in [2.05, 4.69) is 5.10 Å². The second kappa shape index (κ2) is 7.80. The van der Waals surface area contributed by atoms with E-state index in [0.717, 1.165) is 30.1 Å². The summed E-state index contributed by atoms with van der Waals surface area (Å²) in [7, 11) is 0. The van der Waals surface area contributed by atoms with Gasteiger partial charge in [0.05, 0.1) is 12.1 Å². The molecule has 0 aliphatic rings. The molecular formula is C21H16F4N2O. The number of benzene rings is 2. The maximum Gasteiger partial charge on any atom is 0.416 e. The van der Waals surface area contributed by atoms with Crippen molar-refractivity contribution >= 4 is 18.2 Å². The fourth-order valence-corrected chi connectivity index (χ4v) is 2.71. The molecule has 0 radical (unpaired) electrons. The Balaban J connectivity index is 1.81. The molecule has 3 nitrogen and oxygen atoms in total. The number of aldehydes is 1. The number of hydrogen-bond donors (Lipinski definition) is 0. The first-order chi connectivity index (χ1) is 13.3. The lowest BCUT2D eigenvalue weighted by Crippen LogP contribution is -2.04. The molecule has 1 aromatic heterocycles. The van der Waals surface area contributed by atoms with Crippen LogP contribution in [0, 0.1) is 6.92 Å². The number of halogens is 4. The van der Waals surface area contributed by atoms with Gasteiger partial charge in [-0.05, 0) is 48.4 Å². The fourth-order valence-electron chi connectivity index (χ4n) is 2.71. The topological polar surface area (TPSA) is 34.9 Å². The number of hydrogen-bond acceptors (Lipinski definition) is 2. The smallest absolute Gasteiger partial charge is 0.298 e. The van der Waals surface area contributed by atoms with E-state index in [4.69, 9.17) is 0 Å². The number of rotatable bonds is 5. The number of carbonyl (C=O) groups excluding carboxylic acids is 1. The van der Waals surface area contributed by atoms with Crippen molar-refractivity contribution in [3.05, 3.63) is 88.2 Å². The van der Waals surface area contributed by atoms with E-state index in [0.29, 0.717) is 23.4 Å². The maximum absolute atomic E-state index is 14.5. The van der Waals surface area contributed by atoms with Crippen LogP contribution in [0.4, 0.5) is 17.6 Å². The fraction of sp³-hybridized carbons (Fsp3) is 0.143. The van der Waals surface area contributed by atoms with Crippen molar-refractivity contribution in [1.82, 2.24) is 9.78 Å². The molecule has 3 rings (SSSR count). The van der Waals surface area contributed by atoms with Crippen LogP contribution in [-0.4, -0.2) is 16.1 Å². The molecule has 0 amide bonds. The zero-order valence-electron chi connectivity index (χ0n) is 14.9. The van der Waals surface area contributed by atoms with Crippen LogP contribution in [0.15, 0.2) is 54.6 Å². The van der Waals surface area contributed by atoms with Crippen LogP contribution in [0.25, 0.3) is 11.9 Å². The van der Waals surface area contributed by atoms with E-state index >= 15 is 0 Å². The van der Waals surface area contributed by atoms with Gasteiger partial charge in [-0.15, -0.1) is 0 Å². The zero-order valence-corrected chi connectivity index (χ0v) is 14.9. The predicted octanol–water partition coefficient (Wildman–Crippen LogP) is 5.54. The van der Waals surface area contributed by atoms with E-state index in [1.54, 1.807) is 35.9 Å². The van der Waals surface area contributed by atoms with Crippen LogP contribution >= 0.6 is 0 Å². The Hall–Kier alpha value is -3.22. The lowest BCUT2D eigenvalue weighted by Gasteiger charge is -2.06. The van der Waals surface area contributed by atoms with Crippen LogP contribution in [0.2, 0.25) is 0 Å². The first-order valence-electron chi connectivity index (χ1n) is 8.39. The predicted molar refractivity (Wildman–Crippen MR) is 98.3 cm³/mol. The largest absolute Gasteiger partial charge is 0.416 e. The first kappa shape index (κ1) is 19.5. The molecule has 144 valence electrons. The molecule has 0 aliphatic heterocycles. The molecule has 3 aromatic rings.